The van der Waals surface area contributed by atoms with Crippen molar-refractivity contribution in [1.82, 2.24) is 14.9 Å². The first kappa shape index (κ1) is 18.0. The van der Waals surface area contributed by atoms with Gasteiger partial charge in [0.05, 0.1) is 11.0 Å². The zero-order chi connectivity index (χ0) is 20.1. The summed E-state index contributed by atoms with van der Waals surface area (Å²) in [5, 5.41) is 3.24. The molecule has 0 saturated carbocycles. The number of fused-ring (bicyclic) bond motifs is 1. The minimum absolute atomic E-state index is 0.269. The Kier molecular flexibility index (Phi) is 4.08. The first-order valence-corrected chi connectivity index (χ1v) is 8.84. The molecule has 3 aromatic rings. The monoisotopic (exact) mass is 379 g/mol. The summed E-state index contributed by atoms with van der Waals surface area (Å²) in [5.41, 5.74) is 15.8. The van der Waals surface area contributed by atoms with Gasteiger partial charge in [0, 0.05) is 37.5 Å². The fraction of sp³-hybridized carbons (Fsp3) is 0.200. The highest BCUT2D eigenvalue weighted by Gasteiger charge is 2.32. The Hall–Kier alpha value is -3.39. The van der Waals surface area contributed by atoms with Crippen molar-refractivity contribution in [1.29, 1.82) is 0 Å². The Morgan fingerprint density at radius 2 is 1.86 bits per heavy atom. The average Bonchev–Trinajstić information content (AvgIpc) is 2.96. The van der Waals surface area contributed by atoms with Crippen molar-refractivity contribution in [3.8, 4) is 0 Å². The summed E-state index contributed by atoms with van der Waals surface area (Å²) in [6, 6.07) is 12.2. The van der Waals surface area contributed by atoms with E-state index in [0.717, 1.165) is 11.3 Å². The summed E-state index contributed by atoms with van der Waals surface area (Å²) < 4.78 is 15.6. The molecule has 0 fully saturated rings. The molecule has 0 spiro atoms. The number of rotatable bonds is 3. The summed E-state index contributed by atoms with van der Waals surface area (Å²) in [6.07, 6.45) is 1.67. The van der Waals surface area contributed by atoms with E-state index in [0.29, 0.717) is 22.7 Å². The lowest BCUT2D eigenvalue weighted by Crippen LogP contribution is -2.52. The molecule has 2 heterocycles. The Morgan fingerprint density at radius 1 is 1.14 bits per heavy atom. The van der Waals surface area contributed by atoms with E-state index >= 15 is 0 Å². The maximum atomic E-state index is 13.8. The minimum atomic E-state index is -1.25. The number of imidazole rings is 1. The van der Waals surface area contributed by atoms with Gasteiger partial charge in [-0.3, -0.25) is 10.3 Å². The number of aliphatic imine (C=N–C) groups is 1. The fourth-order valence-corrected chi connectivity index (χ4v) is 3.38. The number of amidine groups is 1. The normalized spacial score (nSPS) is 19.2. The van der Waals surface area contributed by atoms with Crippen molar-refractivity contribution >= 4 is 28.4 Å². The van der Waals surface area contributed by atoms with E-state index < -0.39 is 5.79 Å². The molecule has 4 rings (SSSR count). The highest BCUT2D eigenvalue weighted by molar-refractivity contribution is 5.98. The fourth-order valence-electron chi connectivity index (χ4n) is 3.38. The van der Waals surface area contributed by atoms with Gasteiger partial charge >= 0.3 is 0 Å². The molecule has 28 heavy (non-hydrogen) atoms. The topological polar surface area (TPSA) is 97.5 Å². The number of nitrogens with zero attached hydrogens (tertiary/aromatic N) is 4. The Labute approximate surface area is 162 Å². The van der Waals surface area contributed by atoms with E-state index in [4.69, 9.17) is 11.5 Å². The average molecular weight is 379 g/mol. The van der Waals surface area contributed by atoms with E-state index in [2.05, 4.69) is 15.3 Å². The number of anilines is 1. The van der Waals surface area contributed by atoms with Crippen LogP contribution in [0.4, 0.5) is 10.1 Å². The molecule has 5 N–H and O–H groups in total. The van der Waals surface area contributed by atoms with Gasteiger partial charge in [-0.05, 0) is 31.2 Å². The molecular weight excluding hydrogens is 357 g/mol. The van der Waals surface area contributed by atoms with Crippen molar-refractivity contribution in [2.45, 2.75) is 12.7 Å². The minimum Gasteiger partial charge on any atom is -0.384 e. The molecule has 0 saturated heterocycles. The molecule has 1 aliphatic rings. The van der Waals surface area contributed by atoms with Crippen molar-refractivity contribution in [3.05, 3.63) is 65.7 Å². The van der Waals surface area contributed by atoms with Crippen molar-refractivity contribution in [2.24, 2.45) is 16.5 Å². The molecular formula is C20H22FN7. The van der Waals surface area contributed by atoms with Crippen LogP contribution in [0.2, 0.25) is 0 Å². The van der Waals surface area contributed by atoms with Crippen LogP contribution < -0.4 is 21.7 Å². The Bertz CT molecular complexity index is 1110. The highest BCUT2D eigenvalue weighted by atomic mass is 19.1. The molecule has 0 bridgehead atoms. The maximum absolute atomic E-state index is 13.8. The summed E-state index contributed by atoms with van der Waals surface area (Å²) in [6.45, 7) is 1.84. The van der Waals surface area contributed by atoms with Gasteiger partial charge < -0.3 is 16.0 Å². The molecule has 144 valence electrons. The lowest BCUT2D eigenvalue weighted by Gasteiger charge is -2.33. The van der Waals surface area contributed by atoms with Gasteiger partial charge in [-0.1, -0.05) is 12.1 Å². The quantitative estimate of drug-likeness (QED) is 0.647. The summed E-state index contributed by atoms with van der Waals surface area (Å²) in [5.74, 6) is -0.0674. The van der Waals surface area contributed by atoms with Crippen molar-refractivity contribution in [2.75, 3.05) is 19.0 Å². The standard InChI is InChI=1S/C20H22FN7/c1-12-24-16-9-6-14(21)10-17(16)28(12)19-11-18(22)25-20(23,26-19)13-4-7-15(8-5-13)27(2)3/h4-11,26H,23H2,1-3H3,(H2,22,25). The second-order valence-electron chi connectivity index (χ2n) is 7.03. The van der Waals surface area contributed by atoms with Gasteiger partial charge in [0.15, 0.2) is 0 Å². The van der Waals surface area contributed by atoms with Gasteiger partial charge in [0.2, 0.25) is 5.79 Å². The number of hydrogen-bond acceptors (Lipinski definition) is 6. The van der Waals surface area contributed by atoms with E-state index in [-0.39, 0.29) is 11.7 Å². The van der Waals surface area contributed by atoms with Crippen LogP contribution in [0.15, 0.2) is 53.5 Å². The zero-order valence-electron chi connectivity index (χ0n) is 15.9. The van der Waals surface area contributed by atoms with Crippen molar-refractivity contribution in [3.63, 3.8) is 0 Å². The van der Waals surface area contributed by atoms with Gasteiger partial charge in [-0.15, -0.1) is 0 Å². The smallest absolute Gasteiger partial charge is 0.212 e. The number of nitrogens with two attached hydrogens (primary N) is 2. The largest absolute Gasteiger partial charge is 0.384 e. The number of aromatic nitrogens is 2. The van der Waals surface area contributed by atoms with E-state index in [9.17, 15) is 4.39 Å². The van der Waals surface area contributed by atoms with E-state index in [1.807, 2.05) is 50.2 Å². The maximum Gasteiger partial charge on any atom is 0.212 e. The number of benzene rings is 2. The molecule has 1 aliphatic heterocycles. The van der Waals surface area contributed by atoms with Crippen LogP contribution in [0.25, 0.3) is 16.9 Å². The molecule has 2 aromatic carbocycles. The predicted octanol–water partition coefficient (Wildman–Crippen LogP) is 2.08. The van der Waals surface area contributed by atoms with Gasteiger partial charge in [-0.2, -0.15) is 0 Å². The van der Waals surface area contributed by atoms with Crippen LogP contribution in [-0.2, 0) is 5.79 Å². The molecule has 0 radical (unpaired) electrons. The number of aryl methyl sites for hydroxylation is 1. The SMILES string of the molecule is Cc1nc2ccc(F)cc2n1C1=CC(N)=NC(N)(c2ccc(N(C)C)cc2)N1. The number of nitrogens with one attached hydrogen (secondary N) is 1. The van der Waals surface area contributed by atoms with Gasteiger partial charge in [0.1, 0.15) is 23.3 Å². The van der Waals surface area contributed by atoms with Crippen LogP contribution >= 0.6 is 0 Å². The third-order valence-corrected chi connectivity index (χ3v) is 4.76. The summed E-state index contributed by atoms with van der Waals surface area (Å²) in [4.78, 5) is 10.9. The first-order valence-electron chi connectivity index (χ1n) is 8.84. The van der Waals surface area contributed by atoms with Crippen LogP contribution in [0.1, 0.15) is 11.4 Å². The van der Waals surface area contributed by atoms with Gasteiger partial charge in [0.25, 0.3) is 0 Å². The highest BCUT2D eigenvalue weighted by Crippen LogP contribution is 2.28. The van der Waals surface area contributed by atoms with Crippen LogP contribution in [-0.4, -0.2) is 29.5 Å². The molecule has 7 nitrogen and oxygen atoms in total. The van der Waals surface area contributed by atoms with Crippen LogP contribution in [0, 0.1) is 12.7 Å². The third-order valence-electron chi connectivity index (χ3n) is 4.76. The first-order chi connectivity index (χ1) is 13.3. The van der Waals surface area contributed by atoms with Crippen molar-refractivity contribution < 1.29 is 4.39 Å². The second-order valence-corrected chi connectivity index (χ2v) is 7.03. The lowest BCUT2D eigenvalue weighted by molar-refractivity contribution is 0.411. The Morgan fingerprint density at radius 3 is 2.54 bits per heavy atom. The molecule has 1 atom stereocenters. The van der Waals surface area contributed by atoms with Crippen LogP contribution in [0.5, 0.6) is 0 Å². The molecule has 1 aromatic heterocycles. The number of halogens is 1. The Balaban J connectivity index is 1.78. The summed E-state index contributed by atoms with van der Waals surface area (Å²) >= 11 is 0. The number of hydrogen-bond donors (Lipinski definition) is 3. The zero-order valence-corrected chi connectivity index (χ0v) is 15.9. The molecule has 0 amide bonds. The second kappa shape index (κ2) is 6.35. The molecule has 0 aliphatic carbocycles. The van der Waals surface area contributed by atoms with E-state index in [1.165, 1.54) is 12.1 Å². The molecule has 1 unspecified atom stereocenters. The predicted molar refractivity (Wildman–Crippen MR) is 110 cm³/mol. The van der Waals surface area contributed by atoms with E-state index in [1.54, 1.807) is 16.7 Å². The van der Waals surface area contributed by atoms with Gasteiger partial charge in [-0.25, -0.2) is 14.4 Å². The summed E-state index contributed by atoms with van der Waals surface area (Å²) in [7, 11) is 3.93. The molecule has 8 heteroatoms. The third kappa shape index (κ3) is 2.97. The van der Waals surface area contributed by atoms with Crippen LogP contribution in [0.3, 0.4) is 0 Å². The lowest BCUT2D eigenvalue weighted by atomic mass is 10.1.